The maximum Gasteiger partial charge on any atom is 0.0635 e. The Balaban J connectivity index is 2.03. The molecule has 2 heteroatoms. The van der Waals surface area contributed by atoms with Crippen molar-refractivity contribution in [3.63, 3.8) is 0 Å². The first-order chi connectivity index (χ1) is 6.93. The van der Waals surface area contributed by atoms with Crippen LogP contribution in [-0.4, -0.2) is 13.1 Å². The highest BCUT2D eigenvalue weighted by Crippen LogP contribution is 2.01. The van der Waals surface area contributed by atoms with Gasteiger partial charge in [-0.25, -0.2) is 0 Å². The number of hydrogen-bond acceptors (Lipinski definition) is 2. The van der Waals surface area contributed by atoms with Crippen molar-refractivity contribution >= 4 is 0 Å². The summed E-state index contributed by atoms with van der Waals surface area (Å²) in [5.41, 5.74) is 1.38. The van der Waals surface area contributed by atoms with E-state index in [2.05, 4.69) is 35.7 Å². The van der Waals surface area contributed by atoms with E-state index >= 15 is 0 Å². The van der Waals surface area contributed by atoms with E-state index in [1.165, 1.54) is 5.56 Å². The van der Waals surface area contributed by atoms with Gasteiger partial charge < -0.3 is 5.32 Å². The molecule has 0 saturated heterocycles. The third-order valence-corrected chi connectivity index (χ3v) is 2.08. The summed E-state index contributed by atoms with van der Waals surface area (Å²) >= 11 is 0. The first kappa shape index (κ1) is 10.7. The fourth-order valence-electron chi connectivity index (χ4n) is 1.33. The van der Waals surface area contributed by atoms with Crippen LogP contribution in [0.15, 0.2) is 30.3 Å². The molecule has 0 unspecified atom stereocenters. The molecule has 1 aromatic rings. The van der Waals surface area contributed by atoms with Crippen molar-refractivity contribution in [1.82, 2.24) is 5.32 Å². The Morgan fingerprint density at radius 1 is 1.14 bits per heavy atom. The SMILES string of the molecule is N#CCCNCCCc1ccccc1. The molecule has 0 atom stereocenters. The van der Waals surface area contributed by atoms with Gasteiger partial charge in [-0.1, -0.05) is 30.3 Å². The van der Waals surface area contributed by atoms with Gasteiger partial charge in [0.1, 0.15) is 0 Å². The van der Waals surface area contributed by atoms with Gasteiger partial charge in [-0.05, 0) is 24.9 Å². The minimum absolute atomic E-state index is 0.603. The van der Waals surface area contributed by atoms with Crippen molar-refractivity contribution in [2.45, 2.75) is 19.3 Å². The molecule has 0 aromatic heterocycles. The average Bonchev–Trinajstić information content (AvgIpc) is 2.25. The second-order valence-electron chi connectivity index (χ2n) is 3.25. The minimum atomic E-state index is 0.603. The van der Waals surface area contributed by atoms with E-state index in [0.29, 0.717) is 6.42 Å². The topological polar surface area (TPSA) is 35.8 Å². The summed E-state index contributed by atoms with van der Waals surface area (Å²) in [6, 6.07) is 12.6. The fourth-order valence-corrected chi connectivity index (χ4v) is 1.33. The molecule has 2 nitrogen and oxygen atoms in total. The lowest BCUT2D eigenvalue weighted by molar-refractivity contribution is 0.655. The average molecular weight is 188 g/mol. The summed E-state index contributed by atoms with van der Waals surface area (Å²) in [5, 5.41) is 11.5. The molecule has 0 bridgehead atoms. The van der Waals surface area contributed by atoms with Crippen molar-refractivity contribution in [3.8, 4) is 6.07 Å². The number of hydrogen-bond donors (Lipinski definition) is 1. The molecule has 0 saturated carbocycles. The first-order valence-corrected chi connectivity index (χ1v) is 5.05. The van der Waals surface area contributed by atoms with Crippen molar-refractivity contribution < 1.29 is 0 Å². The normalized spacial score (nSPS) is 9.64. The molecule has 0 fully saturated rings. The Kier molecular flexibility index (Phi) is 5.46. The van der Waals surface area contributed by atoms with Gasteiger partial charge in [0, 0.05) is 13.0 Å². The predicted molar refractivity (Wildman–Crippen MR) is 57.9 cm³/mol. The summed E-state index contributed by atoms with van der Waals surface area (Å²) in [4.78, 5) is 0. The lowest BCUT2D eigenvalue weighted by Gasteiger charge is -2.02. The Morgan fingerprint density at radius 2 is 1.93 bits per heavy atom. The van der Waals surface area contributed by atoms with Crippen LogP contribution in [0, 0.1) is 11.3 Å². The molecule has 14 heavy (non-hydrogen) atoms. The van der Waals surface area contributed by atoms with Crippen LogP contribution < -0.4 is 5.32 Å². The second-order valence-corrected chi connectivity index (χ2v) is 3.25. The lowest BCUT2D eigenvalue weighted by Crippen LogP contribution is -2.16. The standard InChI is InChI=1S/C12H16N2/c13-9-5-11-14-10-4-8-12-6-2-1-3-7-12/h1-3,6-7,14H,4-5,8,10-11H2. The van der Waals surface area contributed by atoms with Gasteiger partial charge in [0.05, 0.1) is 6.07 Å². The number of aryl methyl sites for hydroxylation is 1. The Labute approximate surface area is 85.6 Å². The summed E-state index contributed by atoms with van der Waals surface area (Å²) in [7, 11) is 0. The van der Waals surface area contributed by atoms with Crippen LogP contribution >= 0.6 is 0 Å². The van der Waals surface area contributed by atoms with Gasteiger partial charge >= 0.3 is 0 Å². The molecule has 0 radical (unpaired) electrons. The van der Waals surface area contributed by atoms with Gasteiger partial charge in [0.25, 0.3) is 0 Å². The van der Waals surface area contributed by atoms with Gasteiger partial charge in [0.2, 0.25) is 0 Å². The van der Waals surface area contributed by atoms with Crippen LogP contribution in [0.3, 0.4) is 0 Å². The van der Waals surface area contributed by atoms with Crippen LogP contribution in [0.5, 0.6) is 0 Å². The van der Waals surface area contributed by atoms with E-state index < -0.39 is 0 Å². The summed E-state index contributed by atoms with van der Waals surface area (Å²) in [6.07, 6.45) is 2.85. The third-order valence-electron chi connectivity index (χ3n) is 2.08. The molecular formula is C12H16N2. The Morgan fingerprint density at radius 3 is 2.64 bits per heavy atom. The van der Waals surface area contributed by atoms with E-state index in [0.717, 1.165) is 25.9 Å². The highest BCUT2D eigenvalue weighted by atomic mass is 14.8. The molecule has 0 aliphatic heterocycles. The maximum atomic E-state index is 8.31. The van der Waals surface area contributed by atoms with Gasteiger partial charge in [-0.15, -0.1) is 0 Å². The van der Waals surface area contributed by atoms with Crippen molar-refractivity contribution in [2.24, 2.45) is 0 Å². The minimum Gasteiger partial charge on any atom is -0.316 e. The van der Waals surface area contributed by atoms with Crippen LogP contribution in [0.4, 0.5) is 0 Å². The van der Waals surface area contributed by atoms with E-state index in [4.69, 9.17) is 5.26 Å². The molecule has 0 aliphatic carbocycles. The summed E-state index contributed by atoms with van der Waals surface area (Å²) in [6.45, 7) is 1.81. The number of nitriles is 1. The monoisotopic (exact) mass is 188 g/mol. The molecule has 0 amide bonds. The molecule has 0 heterocycles. The van der Waals surface area contributed by atoms with E-state index in [1.54, 1.807) is 0 Å². The lowest BCUT2D eigenvalue weighted by atomic mass is 10.1. The highest BCUT2D eigenvalue weighted by molar-refractivity contribution is 5.14. The number of benzene rings is 1. The zero-order valence-corrected chi connectivity index (χ0v) is 8.37. The van der Waals surface area contributed by atoms with Gasteiger partial charge in [-0.3, -0.25) is 0 Å². The zero-order valence-electron chi connectivity index (χ0n) is 8.37. The number of nitrogens with one attached hydrogen (secondary N) is 1. The van der Waals surface area contributed by atoms with E-state index in [-0.39, 0.29) is 0 Å². The zero-order chi connectivity index (χ0) is 10.1. The predicted octanol–water partition coefficient (Wildman–Crippen LogP) is 2.12. The molecule has 0 aliphatic rings. The van der Waals surface area contributed by atoms with Crippen molar-refractivity contribution in [1.29, 1.82) is 5.26 Å². The third kappa shape index (κ3) is 4.64. The largest absolute Gasteiger partial charge is 0.316 e. The van der Waals surface area contributed by atoms with Crippen molar-refractivity contribution in [2.75, 3.05) is 13.1 Å². The van der Waals surface area contributed by atoms with Gasteiger partial charge in [-0.2, -0.15) is 5.26 Å². The van der Waals surface area contributed by atoms with E-state index in [1.807, 2.05) is 6.07 Å². The molecular weight excluding hydrogens is 172 g/mol. The molecule has 1 aromatic carbocycles. The van der Waals surface area contributed by atoms with Crippen molar-refractivity contribution in [3.05, 3.63) is 35.9 Å². The smallest absolute Gasteiger partial charge is 0.0635 e. The second kappa shape index (κ2) is 7.11. The maximum absolute atomic E-state index is 8.31. The van der Waals surface area contributed by atoms with E-state index in [9.17, 15) is 0 Å². The van der Waals surface area contributed by atoms with Crippen LogP contribution in [0.2, 0.25) is 0 Å². The van der Waals surface area contributed by atoms with Crippen LogP contribution in [0.25, 0.3) is 0 Å². The molecule has 1 rings (SSSR count). The molecule has 1 N–H and O–H groups in total. The number of nitrogens with zero attached hydrogens (tertiary/aromatic N) is 1. The highest BCUT2D eigenvalue weighted by Gasteiger charge is 1.91. The quantitative estimate of drug-likeness (QED) is 0.694. The summed E-state index contributed by atoms with van der Waals surface area (Å²) < 4.78 is 0. The molecule has 74 valence electrons. The fraction of sp³-hybridized carbons (Fsp3) is 0.417. The van der Waals surface area contributed by atoms with Crippen LogP contribution in [0.1, 0.15) is 18.4 Å². The Hall–Kier alpha value is -1.33. The van der Waals surface area contributed by atoms with Gasteiger partial charge in [0.15, 0.2) is 0 Å². The molecule has 0 spiro atoms. The summed E-state index contributed by atoms with van der Waals surface area (Å²) in [5.74, 6) is 0. The number of rotatable bonds is 6. The van der Waals surface area contributed by atoms with Crippen LogP contribution in [-0.2, 0) is 6.42 Å². The Bertz CT molecular complexity index is 274. The first-order valence-electron chi connectivity index (χ1n) is 5.05.